The second kappa shape index (κ2) is 8.88. The van der Waals surface area contributed by atoms with Crippen molar-refractivity contribution in [2.75, 3.05) is 7.11 Å². The van der Waals surface area contributed by atoms with Crippen molar-refractivity contribution in [3.63, 3.8) is 0 Å². The lowest BCUT2D eigenvalue weighted by molar-refractivity contribution is -0.123. The van der Waals surface area contributed by atoms with E-state index in [0.717, 1.165) is 33.6 Å². The summed E-state index contributed by atoms with van der Waals surface area (Å²) < 4.78 is 5.39. The first-order valence-electron chi connectivity index (χ1n) is 11.2. The van der Waals surface area contributed by atoms with Gasteiger partial charge in [-0.15, -0.1) is 0 Å². The Bertz CT molecular complexity index is 1270. The fourth-order valence-electron chi connectivity index (χ4n) is 5.19. The summed E-state index contributed by atoms with van der Waals surface area (Å²) in [5.74, 6) is 0.759. The highest BCUT2D eigenvalue weighted by Gasteiger charge is 2.52. The molecule has 2 nitrogen and oxygen atoms in total. The van der Waals surface area contributed by atoms with Crippen molar-refractivity contribution in [1.29, 1.82) is 0 Å². The van der Waals surface area contributed by atoms with Crippen molar-refractivity contribution in [2.24, 2.45) is 0 Å². The van der Waals surface area contributed by atoms with Gasteiger partial charge in [0.15, 0.2) is 5.78 Å². The van der Waals surface area contributed by atoms with E-state index in [1.807, 2.05) is 78.9 Å². The lowest BCUT2D eigenvalue weighted by Crippen LogP contribution is -2.37. The summed E-state index contributed by atoms with van der Waals surface area (Å²) in [6, 6.07) is 34.3. The van der Waals surface area contributed by atoms with Gasteiger partial charge in [0.2, 0.25) is 0 Å². The van der Waals surface area contributed by atoms with Gasteiger partial charge in [0.25, 0.3) is 0 Å². The zero-order chi connectivity index (χ0) is 22.8. The Morgan fingerprint density at radius 3 is 2.09 bits per heavy atom. The van der Waals surface area contributed by atoms with Crippen LogP contribution in [0.4, 0.5) is 0 Å². The number of fused-ring (bicyclic) bond motifs is 1. The van der Waals surface area contributed by atoms with Crippen LogP contribution in [0.2, 0.25) is 5.02 Å². The van der Waals surface area contributed by atoms with Crippen molar-refractivity contribution in [2.45, 2.75) is 24.2 Å². The predicted octanol–water partition coefficient (Wildman–Crippen LogP) is 6.79. The van der Waals surface area contributed by atoms with E-state index < -0.39 is 5.41 Å². The van der Waals surface area contributed by atoms with Crippen LogP contribution in [0.15, 0.2) is 103 Å². The molecule has 0 aromatic heterocycles. The van der Waals surface area contributed by atoms with Crippen LogP contribution in [0.25, 0.3) is 0 Å². The molecule has 0 radical (unpaired) electrons. The smallest absolute Gasteiger partial charge is 0.155 e. The van der Waals surface area contributed by atoms with Crippen molar-refractivity contribution in [3.05, 3.63) is 136 Å². The van der Waals surface area contributed by atoms with Gasteiger partial charge in [0.05, 0.1) is 12.5 Å². The van der Waals surface area contributed by atoms with Gasteiger partial charge in [0.1, 0.15) is 5.75 Å². The molecule has 3 heteroatoms. The van der Waals surface area contributed by atoms with Crippen LogP contribution in [-0.2, 0) is 23.1 Å². The Kier molecular flexibility index (Phi) is 5.78. The molecule has 5 rings (SSSR count). The van der Waals surface area contributed by atoms with Crippen molar-refractivity contribution in [1.82, 2.24) is 0 Å². The minimum absolute atomic E-state index is 0.220. The molecule has 2 unspecified atom stereocenters. The molecule has 1 aliphatic rings. The van der Waals surface area contributed by atoms with Crippen molar-refractivity contribution < 1.29 is 9.53 Å². The molecule has 1 aliphatic carbocycles. The van der Waals surface area contributed by atoms with Crippen molar-refractivity contribution >= 4 is 17.4 Å². The van der Waals surface area contributed by atoms with E-state index in [0.29, 0.717) is 17.9 Å². The average molecular weight is 453 g/mol. The number of hydrogen-bond acceptors (Lipinski definition) is 2. The molecule has 4 aromatic carbocycles. The molecule has 0 fully saturated rings. The first-order valence-corrected chi connectivity index (χ1v) is 11.6. The third-order valence-electron chi connectivity index (χ3n) is 6.77. The molecule has 0 N–H and O–H groups in total. The number of ether oxygens (including phenoxy) is 1. The number of carbonyl (C=O) groups excluding carboxylic acids is 1. The summed E-state index contributed by atoms with van der Waals surface area (Å²) in [4.78, 5) is 14.5. The van der Waals surface area contributed by atoms with Crippen LogP contribution in [-0.4, -0.2) is 12.9 Å². The molecule has 0 aliphatic heterocycles. The van der Waals surface area contributed by atoms with Crippen molar-refractivity contribution in [3.8, 4) is 5.75 Å². The molecule has 2 atom stereocenters. The Labute approximate surface area is 199 Å². The first-order chi connectivity index (χ1) is 16.1. The second-order valence-corrected chi connectivity index (χ2v) is 9.07. The van der Waals surface area contributed by atoms with Gasteiger partial charge < -0.3 is 4.74 Å². The number of rotatable bonds is 6. The number of hydrogen-bond donors (Lipinski definition) is 0. The maximum atomic E-state index is 14.5. The van der Waals surface area contributed by atoms with Crippen LogP contribution >= 0.6 is 11.6 Å². The number of ketones is 1. The van der Waals surface area contributed by atoms with Crippen LogP contribution in [0.5, 0.6) is 5.75 Å². The molecule has 0 heterocycles. The summed E-state index contributed by atoms with van der Waals surface area (Å²) in [5, 5.41) is 0.646. The maximum Gasteiger partial charge on any atom is 0.155 e. The maximum absolute atomic E-state index is 14.5. The summed E-state index contributed by atoms with van der Waals surface area (Å²) in [5.41, 5.74) is 4.51. The molecule has 164 valence electrons. The fourth-order valence-corrected chi connectivity index (χ4v) is 5.36. The lowest BCUT2D eigenvalue weighted by Gasteiger charge is -2.31. The van der Waals surface area contributed by atoms with Gasteiger partial charge >= 0.3 is 0 Å². The number of methoxy groups -OCH3 is 1. The van der Waals surface area contributed by atoms with E-state index in [4.69, 9.17) is 16.3 Å². The Morgan fingerprint density at radius 2 is 1.45 bits per heavy atom. The Balaban J connectivity index is 1.71. The molecule has 0 saturated heterocycles. The first kappa shape index (κ1) is 21.5. The number of carbonyl (C=O) groups is 1. The predicted molar refractivity (Wildman–Crippen MR) is 133 cm³/mol. The SMILES string of the molecule is COc1ccc(C2(Cc3ccccc3)C(=O)C(Cc3ccccc3)c3ccc(Cl)cc32)cc1. The van der Waals surface area contributed by atoms with Gasteiger partial charge in [-0.2, -0.15) is 0 Å². The second-order valence-electron chi connectivity index (χ2n) is 8.63. The third kappa shape index (κ3) is 3.85. The monoisotopic (exact) mass is 452 g/mol. The van der Waals surface area contributed by atoms with Crippen LogP contribution < -0.4 is 4.74 Å². The standard InChI is InChI=1S/C30H25ClO2/c1-33-25-15-12-23(13-16-25)30(20-22-10-6-3-7-11-22)28-19-24(31)14-17-26(28)27(29(30)32)18-21-8-4-2-5-9-21/h2-17,19,27H,18,20H2,1H3. The summed E-state index contributed by atoms with van der Waals surface area (Å²) >= 11 is 6.51. The molecular formula is C30H25ClO2. The Morgan fingerprint density at radius 1 is 0.818 bits per heavy atom. The quantitative estimate of drug-likeness (QED) is 0.322. The van der Waals surface area contributed by atoms with Gasteiger partial charge in [0, 0.05) is 10.9 Å². The summed E-state index contributed by atoms with van der Waals surface area (Å²) in [6.07, 6.45) is 1.25. The van der Waals surface area contributed by atoms with E-state index in [-0.39, 0.29) is 11.7 Å². The molecule has 4 aromatic rings. The van der Waals surface area contributed by atoms with Crippen LogP contribution in [0, 0.1) is 0 Å². The highest BCUT2D eigenvalue weighted by atomic mass is 35.5. The fraction of sp³-hybridized carbons (Fsp3) is 0.167. The lowest BCUT2D eigenvalue weighted by atomic mass is 9.70. The highest BCUT2D eigenvalue weighted by Crippen LogP contribution is 2.51. The third-order valence-corrected chi connectivity index (χ3v) is 7.00. The number of Topliss-reactive ketones (excluding diaryl/α,β-unsaturated/α-hetero) is 1. The van der Waals surface area contributed by atoms with Gasteiger partial charge in [-0.3, -0.25) is 4.79 Å². The molecule has 0 spiro atoms. The topological polar surface area (TPSA) is 26.3 Å². The molecule has 0 amide bonds. The van der Waals surface area contributed by atoms with Gasteiger partial charge in [-0.1, -0.05) is 90.5 Å². The zero-order valence-electron chi connectivity index (χ0n) is 18.5. The Hall–Kier alpha value is -3.36. The van der Waals surface area contributed by atoms with Crippen LogP contribution in [0.1, 0.15) is 33.7 Å². The zero-order valence-corrected chi connectivity index (χ0v) is 19.3. The highest BCUT2D eigenvalue weighted by molar-refractivity contribution is 6.30. The molecule has 0 bridgehead atoms. The molecule has 0 saturated carbocycles. The summed E-state index contributed by atoms with van der Waals surface area (Å²) in [6.45, 7) is 0. The van der Waals surface area contributed by atoms with Crippen LogP contribution in [0.3, 0.4) is 0 Å². The average Bonchev–Trinajstić information content (AvgIpc) is 3.08. The van der Waals surface area contributed by atoms with Gasteiger partial charge in [-0.05, 0) is 64.9 Å². The minimum Gasteiger partial charge on any atom is -0.497 e. The van der Waals surface area contributed by atoms with E-state index in [1.54, 1.807) is 7.11 Å². The normalized spacial score (nSPS) is 19.3. The minimum atomic E-state index is -0.812. The molecule has 33 heavy (non-hydrogen) atoms. The number of benzene rings is 4. The molecular weight excluding hydrogens is 428 g/mol. The van der Waals surface area contributed by atoms with E-state index in [1.165, 1.54) is 0 Å². The van der Waals surface area contributed by atoms with E-state index in [2.05, 4.69) is 24.3 Å². The van der Waals surface area contributed by atoms with Gasteiger partial charge in [-0.25, -0.2) is 0 Å². The van der Waals surface area contributed by atoms with E-state index in [9.17, 15) is 4.79 Å². The summed E-state index contributed by atoms with van der Waals surface area (Å²) in [7, 11) is 1.65. The number of halogens is 1. The largest absolute Gasteiger partial charge is 0.497 e. The van der Waals surface area contributed by atoms with E-state index >= 15 is 0 Å².